The molecule has 7 heteroatoms. The Kier molecular flexibility index (Phi) is 6.44. The summed E-state index contributed by atoms with van der Waals surface area (Å²) in [5, 5.41) is 6.40. The predicted molar refractivity (Wildman–Crippen MR) is 131 cm³/mol. The monoisotopic (exact) mass is 462 g/mol. The highest BCUT2D eigenvalue weighted by Gasteiger charge is 2.42. The van der Waals surface area contributed by atoms with Gasteiger partial charge in [-0.2, -0.15) is 0 Å². The van der Waals surface area contributed by atoms with Crippen LogP contribution in [0.3, 0.4) is 0 Å². The highest BCUT2D eigenvalue weighted by Crippen LogP contribution is 2.38. The molecule has 2 saturated heterocycles. The van der Waals surface area contributed by atoms with Gasteiger partial charge < -0.3 is 20.3 Å². The van der Waals surface area contributed by atoms with Crippen LogP contribution >= 0.6 is 0 Å². The van der Waals surface area contributed by atoms with Crippen molar-refractivity contribution in [1.82, 2.24) is 15.6 Å². The highest BCUT2D eigenvalue weighted by molar-refractivity contribution is 5.96. The number of benzene rings is 1. The summed E-state index contributed by atoms with van der Waals surface area (Å²) >= 11 is 0. The lowest BCUT2D eigenvalue weighted by Gasteiger charge is -2.40. The number of nitrogens with one attached hydrogen (secondary N) is 2. The third-order valence-corrected chi connectivity index (χ3v) is 7.78. The number of nitrogens with zero attached hydrogens (tertiary/aromatic N) is 2. The van der Waals surface area contributed by atoms with Gasteiger partial charge in [-0.05, 0) is 69.7 Å². The third-order valence-electron chi connectivity index (χ3n) is 7.78. The normalized spacial score (nSPS) is 24.2. The lowest BCUT2D eigenvalue weighted by atomic mass is 9.96. The van der Waals surface area contributed by atoms with E-state index in [1.165, 1.54) is 12.8 Å². The summed E-state index contributed by atoms with van der Waals surface area (Å²) in [6.07, 6.45) is 10.2. The molecule has 3 aliphatic rings. The first-order chi connectivity index (χ1) is 16.5. The molecule has 2 N–H and O–H groups in total. The van der Waals surface area contributed by atoms with E-state index in [9.17, 15) is 9.59 Å². The van der Waals surface area contributed by atoms with Gasteiger partial charge in [0.25, 0.3) is 11.8 Å². The van der Waals surface area contributed by atoms with Gasteiger partial charge in [-0.1, -0.05) is 18.9 Å². The maximum absolute atomic E-state index is 13.0. The summed E-state index contributed by atoms with van der Waals surface area (Å²) in [7, 11) is 1.63. The SMILES string of the molecule is COc1cccc(C(=O)NC2CC3CCC(C2)N3c2ccc(C(=O)NC3CCCC3)cn2)c1C. The second kappa shape index (κ2) is 9.65. The average molecular weight is 463 g/mol. The van der Waals surface area contributed by atoms with Crippen LogP contribution in [0.5, 0.6) is 5.75 Å². The molecule has 1 aromatic carbocycles. The first-order valence-electron chi connectivity index (χ1n) is 12.5. The predicted octanol–water partition coefficient (Wildman–Crippen LogP) is 4.00. The van der Waals surface area contributed by atoms with Gasteiger partial charge in [-0.25, -0.2) is 4.98 Å². The molecule has 1 aromatic heterocycles. The van der Waals surface area contributed by atoms with E-state index in [4.69, 9.17) is 4.74 Å². The number of hydrogen-bond donors (Lipinski definition) is 2. The molecule has 3 fully saturated rings. The van der Waals surface area contributed by atoms with E-state index >= 15 is 0 Å². The largest absolute Gasteiger partial charge is 0.496 e. The molecule has 7 nitrogen and oxygen atoms in total. The summed E-state index contributed by atoms with van der Waals surface area (Å²) in [4.78, 5) is 32.6. The van der Waals surface area contributed by atoms with Gasteiger partial charge in [0.2, 0.25) is 0 Å². The number of ether oxygens (including phenoxy) is 1. The number of carbonyl (C=O) groups is 2. The molecule has 2 bridgehead atoms. The Morgan fingerprint density at radius 2 is 1.65 bits per heavy atom. The van der Waals surface area contributed by atoms with E-state index in [1.807, 2.05) is 37.3 Å². The fourth-order valence-electron chi connectivity index (χ4n) is 6.03. The first kappa shape index (κ1) is 22.7. The van der Waals surface area contributed by atoms with E-state index in [0.29, 0.717) is 29.3 Å². The zero-order valence-electron chi connectivity index (χ0n) is 20.0. The summed E-state index contributed by atoms with van der Waals surface area (Å²) in [6.45, 7) is 1.92. The standard InChI is InChI=1S/C27H34N4O3/c1-17-23(8-5-9-24(17)34-2)27(33)30-20-14-21-11-12-22(15-20)31(21)25-13-10-18(16-28-25)26(32)29-19-6-3-4-7-19/h5,8-10,13,16,19-22H,3-4,6-7,11-12,14-15H2,1-2H3,(H,29,32)(H,30,33). The summed E-state index contributed by atoms with van der Waals surface area (Å²) in [5.74, 6) is 1.60. The van der Waals surface area contributed by atoms with Crippen LogP contribution in [0, 0.1) is 6.92 Å². The molecule has 5 rings (SSSR count). The molecule has 1 aliphatic carbocycles. The number of aromatic nitrogens is 1. The molecule has 180 valence electrons. The van der Waals surface area contributed by atoms with E-state index in [-0.39, 0.29) is 17.9 Å². The zero-order chi connectivity index (χ0) is 23.7. The van der Waals surface area contributed by atoms with E-state index in [1.54, 1.807) is 13.3 Å². The summed E-state index contributed by atoms with van der Waals surface area (Å²) in [5.41, 5.74) is 2.16. The topological polar surface area (TPSA) is 83.6 Å². The Bertz CT molecular complexity index is 1030. The maximum Gasteiger partial charge on any atom is 0.253 e. The van der Waals surface area contributed by atoms with Crippen LogP contribution in [0.15, 0.2) is 36.5 Å². The van der Waals surface area contributed by atoms with Crippen LogP contribution in [0.1, 0.15) is 77.6 Å². The Morgan fingerprint density at radius 3 is 2.29 bits per heavy atom. The van der Waals surface area contributed by atoms with Crippen molar-refractivity contribution < 1.29 is 14.3 Å². The maximum atomic E-state index is 13.0. The second-order valence-corrected chi connectivity index (χ2v) is 9.93. The van der Waals surface area contributed by atoms with Gasteiger partial charge in [-0.3, -0.25) is 9.59 Å². The minimum absolute atomic E-state index is 0.0248. The lowest BCUT2D eigenvalue weighted by molar-refractivity contribution is 0.0922. The summed E-state index contributed by atoms with van der Waals surface area (Å²) in [6, 6.07) is 10.6. The van der Waals surface area contributed by atoms with E-state index in [2.05, 4.69) is 20.5 Å². The van der Waals surface area contributed by atoms with Crippen LogP contribution in [-0.2, 0) is 0 Å². The van der Waals surface area contributed by atoms with Gasteiger partial charge in [0.05, 0.1) is 12.7 Å². The van der Waals surface area contributed by atoms with Gasteiger partial charge in [0.15, 0.2) is 0 Å². The molecule has 0 spiro atoms. The minimum Gasteiger partial charge on any atom is -0.496 e. The van der Waals surface area contributed by atoms with Crippen molar-refractivity contribution in [2.75, 3.05) is 12.0 Å². The number of rotatable bonds is 6. The molecule has 34 heavy (non-hydrogen) atoms. The fourth-order valence-corrected chi connectivity index (χ4v) is 6.03. The number of methoxy groups -OCH3 is 1. The Hall–Kier alpha value is -3.09. The highest BCUT2D eigenvalue weighted by atomic mass is 16.5. The minimum atomic E-state index is -0.0370. The molecule has 2 aliphatic heterocycles. The smallest absolute Gasteiger partial charge is 0.253 e. The van der Waals surface area contributed by atoms with Crippen LogP contribution in [0.2, 0.25) is 0 Å². The second-order valence-electron chi connectivity index (χ2n) is 9.93. The molecule has 3 heterocycles. The molecule has 2 unspecified atom stereocenters. The van der Waals surface area contributed by atoms with E-state index < -0.39 is 0 Å². The number of carbonyl (C=O) groups excluding carboxylic acids is 2. The molecule has 1 saturated carbocycles. The van der Waals surface area contributed by atoms with Gasteiger partial charge >= 0.3 is 0 Å². The molecule has 2 aromatic rings. The lowest BCUT2D eigenvalue weighted by Crippen LogP contribution is -2.50. The average Bonchev–Trinajstić information content (AvgIpc) is 3.44. The van der Waals surface area contributed by atoms with E-state index in [0.717, 1.165) is 55.7 Å². The number of anilines is 1. The van der Waals surface area contributed by atoms with Crippen molar-refractivity contribution >= 4 is 17.6 Å². The van der Waals surface area contributed by atoms with Crippen LogP contribution in [-0.4, -0.2) is 48.1 Å². The van der Waals surface area contributed by atoms with Crippen molar-refractivity contribution in [3.8, 4) is 5.75 Å². The quantitative estimate of drug-likeness (QED) is 0.678. The number of piperidine rings is 1. The summed E-state index contributed by atoms with van der Waals surface area (Å²) < 4.78 is 5.37. The van der Waals surface area contributed by atoms with Crippen molar-refractivity contribution in [2.24, 2.45) is 0 Å². The first-order valence-corrected chi connectivity index (χ1v) is 12.5. The van der Waals surface area contributed by atoms with Crippen molar-refractivity contribution in [3.63, 3.8) is 0 Å². The van der Waals surface area contributed by atoms with Gasteiger partial charge in [0.1, 0.15) is 11.6 Å². The molecule has 2 amide bonds. The Morgan fingerprint density at radius 1 is 0.941 bits per heavy atom. The number of fused-ring (bicyclic) bond motifs is 2. The van der Waals surface area contributed by atoms with Crippen LogP contribution in [0.25, 0.3) is 0 Å². The molecule has 0 radical (unpaired) electrons. The van der Waals surface area contributed by atoms with Crippen LogP contribution in [0.4, 0.5) is 5.82 Å². The Labute approximate surface area is 201 Å². The Balaban J connectivity index is 1.22. The third kappa shape index (κ3) is 4.48. The molecule has 2 atom stereocenters. The number of pyridine rings is 1. The van der Waals surface area contributed by atoms with Crippen LogP contribution < -0.4 is 20.3 Å². The molecular weight excluding hydrogens is 428 g/mol. The fraction of sp³-hybridized carbons (Fsp3) is 0.519. The van der Waals surface area contributed by atoms with Gasteiger partial charge in [0, 0.05) is 41.5 Å². The number of hydrogen-bond acceptors (Lipinski definition) is 5. The molecular formula is C27H34N4O3. The van der Waals surface area contributed by atoms with Crippen molar-refractivity contribution in [1.29, 1.82) is 0 Å². The van der Waals surface area contributed by atoms with Gasteiger partial charge in [-0.15, -0.1) is 0 Å². The van der Waals surface area contributed by atoms with Crippen molar-refractivity contribution in [3.05, 3.63) is 53.2 Å². The van der Waals surface area contributed by atoms with Crippen molar-refractivity contribution in [2.45, 2.75) is 82.5 Å². The zero-order valence-corrected chi connectivity index (χ0v) is 20.0. The number of amides is 2.